The van der Waals surface area contributed by atoms with Crippen LogP contribution in [0.5, 0.6) is 0 Å². The lowest BCUT2D eigenvalue weighted by Gasteiger charge is -2.33. The van der Waals surface area contributed by atoms with E-state index in [1.807, 2.05) is 0 Å². The number of nitrogens with one attached hydrogen (secondary N) is 1. The molecule has 3 heterocycles. The van der Waals surface area contributed by atoms with Crippen LogP contribution in [0.4, 0.5) is 0 Å². The fraction of sp³-hybridized carbons (Fsp3) is 1.00. The molecule has 3 unspecified atom stereocenters. The molecule has 19 heavy (non-hydrogen) atoms. The van der Waals surface area contributed by atoms with Gasteiger partial charge in [0.25, 0.3) is 0 Å². The minimum atomic E-state index is 0.735. The Balaban J connectivity index is 1.43. The molecule has 0 aromatic rings. The second-order valence-electron chi connectivity index (χ2n) is 7.04. The van der Waals surface area contributed by atoms with Crippen molar-refractivity contribution in [2.75, 3.05) is 39.3 Å². The zero-order valence-corrected chi connectivity index (χ0v) is 12.6. The first-order valence-electron chi connectivity index (χ1n) is 8.51. The summed E-state index contributed by atoms with van der Waals surface area (Å²) in [7, 11) is 0. The topological polar surface area (TPSA) is 18.5 Å². The molecule has 3 aliphatic rings. The summed E-state index contributed by atoms with van der Waals surface area (Å²) in [5.74, 6) is 0.941. The van der Waals surface area contributed by atoms with Gasteiger partial charge in [-0.3, -0.25) is 4.90 Å². The lowest BCUT2D eigenvalue weighted by atomic mass is 9.93. The summed E-state index contributed by atoms with van der Waals surface area (Å²) in [6.45, 7) is 10.3. The summed E-state index contributed by atoms with van der Waals surface area (Å²) < 4.78 is 0. The van der Waals surface area contributed by atoms with Crippen LogP contribution in [-0.4, -0.2) is 61.2 Å². The fourth-order valence-corrected chi connectivity index (χ4v) is 4.33. The fourth-order valence-electron chi connectivity index (χ4n) is 4.33. The number of piperidine rings is 2. The van der Waals surface area contributed by atoms with Crippen LogP contribution in [0.25, 0.3) is 0 Å². The largest absolute Gasteiger partial charge is 0.314 e. The van der Waals surface area contributed by atoms with Gasteiger partial charge < -0.3 is 10.2 Å². The van der Waals surface area contributed by atoms with Crippen LogP contribution < -0.4 is 5.32 Å². The van der Waals surface area contributed by atoms with Crippen LogP contribution in [0, 0.1) is 5.92 Å². The average Bonchev–Trinajstić information content (AvgIpc) is 2.88. The van der Waals surface area contributed by atoms with Crippen molar-refractivity contribution in [3.8, 4) is 0 Å². The lowest BCUT2D eigenvalue weighted by molar-refractivity contribution is 0.154. The molecule has 3 atom stereocenters. The van der Waals surface area contributed by atoms with E-state index in [9.17, 15) is 0 Å². The van der Waals surface area contributed by atoms with Gasteiger partial charge in [0, 0.05) is 25.2 Å². The Kier molecular flexibility index (Phi) is 4.78. The van der Waals surface area contributed by atoms with Crippen LogP contribution in [0.1, 0.15) is 45.4 Å². The highest BCUT2D eigenvalue weighted by Crippen LogP contribution is 2.23. The molecule has 3 rings (SSSR count). The summed E-state index contributed by atoms with van der Waals surface area (Å²) in [5.41, 5.74) is 0. The van der Waals surface area contributed by atoms with E-state index < -0.39 is 0 Å². The first kappa shape index (κ1) is 13.8. The van der Waals surface area contributed by atoms with Gasteiger partial charge in [0.15, 0.2) is 0 Å². The lowest BCUT2D eigenvalue weighted by Crippen LogP contribution is -2.43. The van der Waals surface area contributed by atoms with Crippen molar-refractivity contribution in [1.29, 1.82) is 0 Å². The third kappa shape index (κ3) is 3.71. The maximum absolute atomic E-state index is 3.57. The Morgan fingerprint density at radius 1 is 1.05 bits per heavy atom. The predicted octanol–water partition coefficient (Wildman–Crippen LogP) is 1.93. The number of rotatable bonds is 3. The Morgan fingerprint density at radius 3 is 2.68 bits per heavy atom. The van der Waals surface area contributed by atoms with E-state index in [4.69, 9.17) is 0 Å². The molecule has 0 radical (unpaired) electrons. The monoisotopic (exact) mass is 265 g/mol. The van der Waals surface area contributed by atoms with Crippen molar-refractivity contribution in [3.05, 3.63) is 0 Å². The van der Waals surface area contributed by atoms with Crippen molar-refractivity contribution in [3.63, 3.8) is 0 Å². The first-order chi connectivity index (χ1) is 9.31. The highest BCUT2D eigenvalue weighted by Gasteiger charge is 2.30. The highest BCUT2D eigenvalue weighted by molar-refractivity contribution is 4.87. The summed E-state index contributed by atoms with van der Waals surface area (Å²) in [6.07, 6.45) is 8.51. The van der Waals surface area contributed by atoms with Crippen LogP contribution in [0.3, 0.4) is 0 Å². The van der Waals surface area contributed by atoms with Crippen molar-refractivity contribution in [1.82, 2.24) is 15.1 Å². The Hall–Kier alpha value is -0.120. The van der Waals surface area contributed by atoms with E-state index in [2.05, 4.69) is 22.0 Å². The summed E-state index contributed by atoms with van der Waals surface area (Å²) in [4.78, 5) is 5.52. The molecule has 3 heteroatoms. The first-order valence-corrected chi connectivity index (χ1v) is 8.51. The molecule has 0 aromatic heterocycles. The molecular formula is C16H31N3. The molecular weight excluding hydrogens is 234 g/mol. The Labute approximate surface area is 118 Å². The maximum Gasteiger partial charge on any atom is 0.0235 e. The number of nitrogens with zero attached hydrogens (tertiary/aromatic N) is 2. The van der Waals surface area contributed by atoms with Gasteiger partial charge >= 0.3 is 0 Å². The van der Waals surface area contributed by atoms with Crippen molar-refractivity contribution in [2.45, 2.75) is 57.5 Å². The van der Waals surface area contributed by atoms with Gasteiger partial charge in [-0.2, -0.15) is 0 Å². The quantitative estimate of drug-likeness (QED) is 0.841. The minimum Gasteiger partial charge on any atom is -0.314 e. The molecule has 110 valence electrons. The van der Waals surface area contributed by atoms with Gasteiger partial charge in [-0.15, -0.1) is 0 Å². The third-order valence-corrected chi connectivity index (χ3v) is 5.40. The Morgan fingerprint density at radius 2 is 1.89 bits per heavy atom. The van der Waals surface area contributed by atoms with Crippen molar-refractivity contribution >= 4 is 0 Å². The van der Waals surface area contributed by atoms with Crippen LogP contribution >= 0.6 is 0 Å². The van der Waals surface area contributed by atoms with Crippen molar-refractivity contribution in [2.24, 2.45) is 5.92 Å². The van der Waals surface area contributed by atoms with Gasteiger partial charge in [-0.25, -0.2) is 0 Å². The molecule has 3 fully saturated rings. The van der Waals surface area contributed by atoms with E-state index in [0.29, 0.717) is 0 Å². The van der Waals surface area contributed by atoms with Crippen LogP contribution in [0.15, 0.2) is 0 Å². The molecule has 3 nitrogen and oxygen atoms in total. The molecule has 3 aliphatic heterocycles. The highest BCUT2D eigenvalue weighted by atomic mass is 15.3. The maximum atomic E-state index is 3.57. The normalized spacial score (nSPS) is 38.7. The SMILES string of the molecule is CC1CC(CN2CCC(N3CCCCC3)C2)CCN1. The molecule has 0 amide bonds. The number of hydrogen-bond donors (Lipinski definition) is 1. The second-order valence-corrected chi connectivity index (χ2v) is 7.04. The smallest absolute Gasteiger partial charge is 0.0235 e. The predicted molar refractivity (Wildman–Crippen MR) is 80.5 cm³/mol. The molecule has 1 N–H and O–H groups in total. The van der Waals surface area contributed by atoms with Gasteiger partial charge in [0.05, 0.1) is 0 Å². The van der Waals surface area contributed by atoms with Gasteiger partial charge in [0.1, 0.15) is 0 Å². The molecule has 3 saturated heterocycles. The third-order valence-electron chi connectivity index (χ3n) is 5.40. The van der Waals surface area contributed by atoms with Crippen LogP contribution in [-0.2, 0) is 0 Å². The van der Waals surface area contributed by atoms with E-state index in [0.717, 1.165) is 18.0 Å². The molecule has 0 bridgehead atoms. The number of likely N-dealkylation sites (tertiary alicyclic amines) is 2. The average molecular weight is 265 g/mol. The Bertz CT molecular complexity index is 275. The van der Waals surface area contributed by atoms with E-state index in [1.165, 1.54) is 77.8 Å². The number of hydrogen-bond acceptors (Lipinski definition) is 3. The summed E-state index contributed by atoms with van der Waals surface area (Å²) in [6, 6.07) is 1.61. The standard InChI is InChI=1S/C16H31N3/c1-14-11-15(5-7-17-14)12-18-10-6-16(13-18)19-8-3-2-4-9-19/h14-17H,2-13H2,1H3. The zero-order valence-electron chi connectivity index (χ0n) is 12.6. The van der Waals surface area contributed by atoms with E-state index >= 15 is 0 Å². The van der Waals surface area contributed by atoms with E-state index in [-0.39, 0.29) is 0 Å². The van der Waals surface area contributed by atoms with E-state index in [1.54, 1.807) is 0 Å². The van der Waals surface area contributed by atoms with Crippen molar-refractivity contribution < 1.29 is 0 Å². The molecule has 0 aromatic carbocycles. The van der Waals surface area contributed by atoms with Crippen LogP contribution in [0.2, 0.25) is 0 Å². The van der Waals surface area contributed by atoms with Gasteiger partial charge in [-0.05, 0) is 71.1 Å². The molecule has 0 aliphatic carbocycles. The van der Waals surface area contributed by atoms with Gasteiger partial charge in [0.2, 0.25) is 0 Å². The molecule has 0 saturated carbocycles. The van der Waals surface area contributed by atoms with Gasteiger partial charge in [-0.1, -0.05) is 6.42 Å². The summed E-state index contributed by atoms with van der Waals surface area (Å²) in [5, 5.41) is 3.57. The summed E-state index contributed by atoms with van der Waals surface area (Å²) >= 11 is 0. The zero-order chi connectivity index (χ0) is 13.1. The minimum absolute atomic E-state index is 0.735. The second kappa shape index (κ2) is 6.55. The molecule has 0 spiro atoms.